The maximum absolute atomic E-state index is 12.7. The van der Waals surface area contributed by atoms with Gasteiger partial charge in [0.25, 0.3) is 5.82 Å². The summed E-state index contributed by atoms with van der Waals surface area (Å²) < 4.78 is 4.49. The molecule has 1 heterocycles. The number of unbranched alkanes of at least 4 members (excludes halogenated alkanes) is 23. The van der Waals surface area contributed by atoms with Gasteiger partial charge in [-0.1, -0.05) is 147 Å². The molecular weight excluding hydrogens is 562 g/mol. The number of hydrogen-bond donors (Lipinski definition) is 1. The van der Waals surface area contributed by atoms with Gasteiger partial charge >= 0.3 is 0 Å². The zero-order chi connectivity index (χ0) is 33.3. The number of nitrogens with one attached hydrogen (secondary N) is 1. The summed E-state index contributed by atoms with van der Waals surface area (Å²) in [6.45, 7) is 6.68. The summed E-state index contributed by atoms with van der Waals surface area (Å²) in [6.07, 6.45) is 51.0. The summed E-state index contributed by atoms with van der Waals surface area (Å²) in [5, 5.41) is 3.25. The minimum atomic E-state index is 0.000871. The van der Waals surface area contributed by atoms with E-state index < -0.39 is 0 Å². The van der Waals surface area contributed by atoms with Crippen LogP contribution < -0.4 is 9.88 Å². The zero-order valence-electron chi connectivity index (χ0n) is 31.4. The maximum Gasteiger partial charge on any atom is 0.257 e. The predicted molar refractivity (Wildman–Crippen MR) is 201 cm³/mol. The average Bonchev–Trinajstić information content (AvgIpc) is 3.42. The van der Waals surface area contributed by atoms with E-state index in [1.165, 1.54) is 166 Å². The molecule has 1 unspecified atom stereocenters. The minimum Gasteiger partial charge on any atom is -0.318 e. The van der Waals surface area contributed by atoms with Crippen LogP contribution in [0.1, 0.15) is 213 Å². The van der Waals surface area contributed by atoms with Gasteiger partial charge in [-0.15, -0.1) is 0 Å². The summed E-state index contributed by atoms with van der Waals surface area (Å²) in [4.78, 5) is 12.7. The Morgan fingerprint density at radius 1 is 0.630 bits per heavy atom. The molecule has 4 nitrogen and oxygen atoms in total. The van der Waals surface area contributed by atoms with E-state index in [-0.39, 0.29) is 12.1 Å². The zero-order valence-corrected chi connectivity index (χ0v) is 31.4. The topological polar surface area (TPSA) is 37.9 Å². The Hall–Kier alpha value is -1.84. The third-order valence-electron chi connectivity index (χ3n) is 9.52. The third-order valence-corrected chi connectivity index (χ3v) is 9.52. The van der Waals surface area contributed by atoms with Crippen LogP contribution in [0.4, 0.5) is 0 Å². The minimum absolute atomic E-state index is 0.000871. The van der Waals surface area contributed by atoms with E-state index in [4.69, 9.17) is 0 Å². The van der Waals surface area contributed by atoms with Crippen molar-refractivity contribution in [3.8, 4) is 0 Å². The van der Waals surface area contributed by atoms with E-state index in [1.807, 2.05) is 0 Å². The first-order valence-electron chi connectivity index (χ1n) is 20.2. The molecule has 0 spiro atoms. The number of imidazole rings is 1. The van der Waals surface area contributed by atoms with Crippen molar-refractivity contribution >= 4 is 5.91 Å². The molecule has 0 fully saturated rings. The van der Waals surface area contributed by atoms with Crippen molar-refractivity contribution in [1.29, 1.82) is 0 Å². The molecule has 0 aliphatic rings. The van der Waals surface area contributed by atoms with E-state index in [1.54, 1.807) is 0 Å². The Labute approximate surface area is 287 Å². The SMILES string of the molecule is CCCCCCCC/C=C\CCCCCCCCc1n(C(C)NC(=O)CCCCCCC/C=C\CCCCCCCC)cc[n+]1C. The van der Waals surface area contributed by atoms with Crippen LogP contribution in [0.3, 0.4) is 0 Å². The van der Waals surface area contributed by atoms with Crippen LogP contribution in [0.15, 0.2) is 36.7 Å². The van der Waals surface area contributed by atoms with Crippen LogP contribution in [-0.4, -0.2) is 10.5 Å². The van der Waals surface area contributed by atoms with E-state index in [9.17, 15) is 4.79 Å². The molecule has 266 valence electrons. The smallest absolute Gasteiger partial charge is 0.257 e. The van der Waals surface area contributed by atoms with Gasteiger partial charge in [0.2, 0.25) is 5.91 Å². The number of amides is 1. The first kappa shape index (κ1) is 42.2. The van der Waals surface area contributed by atoms with Gasteiger partial charge < -0.3 is 5.32 Å². The summed E-state index contributed by atoms with van der Waals surface area (Å²) in [5.41, 5.74) is 0. The standard InChI is InChI=1S/C42H77N3O/c1-5-7-9-11-13-15-17-19-21-23-25-27-29-31-33-35-37-42-44(4)38-39-45(42)40(3)43-41(46)36-34-32-30-28-26-24-22-20-18-16-14-12-10-8-6-2/h19-22,38-40H,5-18,23-37H2,1-4H3/p+1/b21-19-,22-20-. The van der Waals surface area contributed by atoms with Crippen LogP contribution in [0.25, 0.3) is 0 Å². The quantitative estimate of drug-likeness (QED) is 0.0463. The van der Waals surface area contributed by atoms with Crippen LogP contribution in [0, 0.1) is 0 Å². The molecule has 0 aliphatic carbocycles. The van der Waals surface area contributed by atoms with Crippen LogP contribution in [0.5, 0.6) is 0 Å². The van der Waals surface area contributed by atoms with Gasteiger partial charge in [0.05, 0.1) is 7.05 Å². The molecule has 0 aromatic carbocycles. The Morgan fingerprint density at radius 2 is 1.02 bits per heavy atom. The first-order valence-corrected chi connectivity index (χ1v) is 20.2. The van der Waals surface area contributed by atoms with Crippen molar-refractivity contribution in [2.24, 2.45) is 7.05 Å². The normalized spacial score (nSPS) is 12.5. The lowest BCUT2D eigenvalue weighted by Gasteiger charge is -2.13. The fourth-order valence-corrected chi connectivity index (χ4v) is 6.45. The molecule has 0 aliphatic heterocycles. The van der Waals surface area contributed by atoms with Crippen molar-refractivity contribution in [2.45, 2.75) is 213 Å². The summed E-state index contributed by atoms with van der Waals surface area (Å²) >= 11 is 0. The number of carbonyl (C=O) groups is 1. The second-order valence-corrected chi connectivity index (χ2v) is 14.0. The molecule has 4 heteroatoms. The molecule has 0 saturated heterocycles. The Balaban J connectivity index is 2.05. The number of aryl methyl sites for hydroxylation is 1. The van der Waals surface area contributed by atoms with Crippen LogP contribution in [0.2, 0.25) is 0 Å². The van der Waals surface area contributed by atoms with E-state index in [2.05, 4.69) is 79.0 Å². The fourth-order valence-electron chi connectivity index (χ4n) is 6.45. The molecule has 0 saturated carbocycles. The largest absolute Gasteiger partial charge is 0.318 e. The maximum atomic E-state index is 12.7. The highest BCUT2D eigenvalue weighted by molar-refractivity contribution is 5.75. The molecule has 1 N–H and O–H groups in total. The number of aromatic nitrogens is 2. The number of carbonyl (C=O) groups excluding carboxylic acids is 1. The molecule has 1 aromatic heterocycles. The van der Waals surface area contributed by atoms with Gasteiger partial charge in [-0.05, 0) is 71.1 Å². The average molecular weight is 641 g/mol. The van der Waals surface area contributed by atoms with Gasteiger partial charge in [-0.2, -0.15) is 0 Å². The molecule has 1 rings (SSSR count). The molecule has 0 radical (unpaired) electrons. The lowest BCUT2D eigenvalue weighted by Crippen LogP contribution is -2.36. The molecule has 1 amide bonds. The summed E-state index contributed by atoms with van der Waals surface area (Å²) in [6, 6.07) is 0. The first-order chi connectivity index (χ1) is 22.6. The second-order valence-electron chi connectivity index (χ2n) is 14.0. The second kappa shape index (κ2) is 31.7. The van der Waals surface area contributed by atoms with Crippen LogP contribution in [-0.2, 0) is 18.3 Å². The Kier molecular flexibility index (Phi) is 29.1. The Bertz CT molecular complexity index is 870. The number of rotatable bonds is 33. The number of hydrogen-bond acceptors (Lipinski definition) is 1. The monoisotopic (exact) mass is 641 g/mol. The van der Waals surface area contributed by atoms with E-state index >= 15 is 0 Å². The molecule has 1 atom stereocenters. The third kappa shape index (κ3) is 24.3. The van der Waals surface area contributed by atoms with E-state index in [0.29, 0.717) is 6.42 Å². The lowest BCUT2D eigenvalue weighted by atomic mass is 10.1. The summed E-state index contributed by atoms with van der Waals surface area (Å²) in [5.74, 6) is 1.49. The van der Waals surface area contributed by atoms with Gasteiger partial charge in [0.15, 0.2) is 6.17 Å². The molecule has 46 heavy (non-hydrogen) atoms. The molecule has 0 bridgehead atoms. The van der Waals surface area contributed by atoms with Crippen molar-refractivity contribution in [3.05, 3.63) is 42.5 Å². The number of allylic oxidation sites excluding steroid dienone is 4. The van der Waals surface area contributed by atoms with Crippen LogP contribution >= 0.6 is 0 Å². The lowest BCUT2D eigenvalue weighted by molar-refractivity contribution is -0.679. The van der Waals surface area contributed by atoms with Crippen molar-refractivity contribution in [3.63, 3.8) is 0 Å². The highest BCUT2D eigenvalue weighted by Crippen LogP contribution is 2.14. The van der Waals surface area contributed by atoms with Gasteiger partial charge in [0.1, 0.15) is 12.4 Å². The van der Waals surface area contributed by atoms with Crippen molar-refractivity contribution in [2.75, 3.05) is 0 Å². The molecule has 1 aromatic rings. The fraction of sp³-hybridized carbons (Fsp3) is 0.810. The predicted octanol–water partition coefficient (Wildman–Crippen LogP) is 12.6. The van der Waals surface area contributed by atoms with E-state index in [0.717, 1.165) is 19.3 Å². The van der Waals surface area contributed by atoms with Crippen molar-refractivity contribution < 1.29 is 9.36 Å². The van der Waals surface area contributed by atoms with Gasteiger partial charge in [0, 0.05) is 12.8 Å². The van der Waals surface area contributed by atoms with Gasteiger partial charge in [-0.25, -0.2) is 9.13 Å². The van der Waals surface area contributed by atoms with Gasteiger partial charge in [-0.3, -0.25) is 4.79 Å². The Morgan fingerprint density at radius 3 is 1.48 bits per heavy atom. The number of nitrogens with zero attached hydrogens (tertiary/aromatic N) is 2. The van der Waals surface area contributed by atoms with Crippen molar-refractivity contribution in [1.82, 2.24) is 9.88 Å². The highest BCUT2D eigenvalue weighted by Gasteiger charge is 2.20. The molecular formula is C42H78N3O+. The highest BCUT2D eigenvalue weighted by atomic mass is 16.1. The summed E-state index contributed by atoms with van der Waals surface area (Å²) in [7, 11) is 2.13.